The van der Waals surface area contributed by atoms with E-state index < -0.39 is 17.3 Å². The molecule has 3 rings (SSSR count). The Morgan fingerprint density at radius 2 is 1.56 bits per heavy atom. The first kappa shape index (κ1) is 23.7. The number of hydrogen-bond acceptors (Lipinski definition) is 5. The number of ketones is 1. The van der Waals surface area contributed by atoms with Crippen molar-refractivity contribution in [1.82, 2.24) is 5.32 Å². The van der Waals surface area contributed by atoms with E-state index in [1.807, 2.05) is 13.8 Å². The molecule has 0 unspecified atom stereocenters. The molecule has 0 spiro atoms. The highest BCUT2D eigenvalue weighted by molar-refractivity contribution is 6.39. The van der Waals surface area contributed by atoms with Gasteiger partial charge in [-0.25, -0.2) is 4.79 Å². The van der Waals surface area contributed by atoms with Gasteiger partial charge < -0.3 is 10.1 Å². The van der Waals surface area contributed by atoms with Crippen LogP contribution in [-0.4, -0.2) is 30.5 Å². The van der Waals surface area contributed by atoms with Gasteiger partial charge in [-0.15, -0.1) is 0 Å². The summed E-state index contributed by atoms with van der Waals surface area (Å²) in [5, 5.41) is 11.8. The number of carbonyl (C=O) groups excluding carboxylic acids is 3. The van der Waals surface area contributed by atoms with Crippen LogP contribution in [0.4, 0.5) is 0 Å². The largest absolute Gasteiger partial charge is 0.465 e. The summed E-state index contributed by atoms with van der Waals surface area (Å²) in [6.07, 6.45) is 0.613. The zero-order chi connectivity index (χ0) is 23.6. The maximum absolute atomic E-state index is 13.0. The average Bonchev–Trinajstić information content (AvgIpc) is 2.71. The van der Waals surface area contributed by atoms with Crippen molar-refractivity contribution < 1.29 is 19.1 Å². The molecule has 166 valence electrons. The minimum atomic E-state index is -0.549. The highest BCUT2D eigenvalue weighted by atomic mass is 35.5. The SMILES string of the molecule is COC(=O)c1ccc(C(=N)C2=C(NC(=O)c3c(Cl)cccc3Cl)CC(C)(C)CC2=O)cc1. The summed E-state index contributed by atoms with van der Waals surface area (Å²) in [7, 11) is 1.28. The summed E-state index contributed by atoms with van der Waals surface area (Å²) in [5.41, 5.74) is 0.901. The van der Waals surface area contributed by atoms with Crippen LogP contribution in [0.5, 0.6) is 0 Å². The third-order valence-corrected chi connectivity index (χ3v) is 5.80. The van der Waals surface area contributed by atoms with Crippen LogP contribution < -0.4 is 5.32 Å². The van der Waals surface area contributed by atoms with E-state index >= 15 is 0 Å². The zero-order valence-corrected chi connectivity index (χ0v) is 19.4. The smallest absolute Gasteiger partial charge is 0.337 e. The first-order valence-electron chi connectivity index (χ1n) is 9.83. The summed E-state index contributed by atoms with van der Waals surface area (Å²) >= 11 is 12.3. The topological polar surface area (TPSA) is 96.3 Å². The zero-order valence-electron chi connectivity index (χ0n) is 17.8. The van der Waals surface area contributed by atoms with Crippen LogP contribution in [0.25, 0.3) is 0 Å². The van der Waals surface area contributed by atoms with Crippen LogP contribution in [0.15, 0.2) is 53.7 Å². The number of ether oxygens (including phenoxy) is 1. The molecular formula is C24H22Cl2N2O4. The van der Waals surface area contributed by atoms with E-state index in [0.29, 0.717) is 23.2 Å². The van der Waals surface area contributed by atoms with Crippen LogP contribution in [0.3, 0.4) is 0 Å². The van der Waals surface area contributed by atoms with Crippen molar-refractivity contribution in [1.29, 1.82) is 5.41 Å². The van der Waals surface area contributed by atoms with Crippen LogP contribution >= 0.6 is 23.2 Å². The molecule has 0 saturated carbocycles. The number of rotatable bonds is 5. The number of benzene rings is 2. The number of hydrogen-bond donors (Lipinski definition) is 2. The number of allylic oxidation sites excluding steroid dienone is 2. The molecule has 6 nitrogen and oxygen atoms in total. The van der Waals surface area contributed by atoms with E-state index in [2.05, 4.69) is 10.1 Å². The molecule has 0 aromatic heterocycles. The monoisotopic (exact) mass is 472 g/mol. The third kappa shape index (κ3) is 4.92. The molecule has 2 N–H and O–H groups in total. The molecule has 32 heavy (non-hydrogen) atoms. The Balaban J connectivity index is 2.02. The lowest BCUT2D eigenvalue weighted by Gasteiger charge is -2.32. The molecule has 2 aromatic carbocycles. The second-order valence-electron chi connectivity index (χ2n) is 8.29. The maximum atomic E-state index is 13.0. The van der Waals surface area contributed by atoms with Gasteiger partial charge in [-0.3, -0.25) is 15.0 Å². The first-order valence-corrected chi connectivity index (χ1v) is 10.6. The van der Waals surface area contributed by atoms with Crippen molar-refractivity contribution in [3.05, 3.63) is 80.5 Å². The van der Waals surface area contributed by atoms with Gasteiger partial charge in [-0.2, -0.15) is 0 Å². The Labute approximate surface area is 196 Å². The second-order valence-corrected chi connectivity index (χ2v) is 9.10. The number of nitrogens with one attached hydrogen (secondary N) is 2. The highest BCUT2D eigenvalue weighted by Crippen LogP contribution is 2.37. The molecule has 1 aliphatic carbocycles. The number of halogens is 2. The fraction of sp³-hybridized carbons (Fsp3) is 0.250. The molecule has 0 radical (unpaired) electrons. The highest BCUT2D eigenvalue weighted by Gasteiger charge is 2.36. The number of Topliss-reactive ketones (excluding diaryl/α,β-unsaturated/α-hetero) is 1. The number of esters is 1. The Hall–Kier alpha value is -2.96. The van der Waals surface area contributed by atoms with Gasteiger partial charge in [0.2, 0.25) is 0 Å². The van der Waals surface area contributed by atoms with Gasteiger partial charge in [0.25, 0.3) is 5.91 Å². The van der Waals surface area contributed by atoms with Gasteiger partial charge in [-0.05, 0) is 36.1 Å². The Morgan fingerprint density at radius 3 is 2.12 bits per heavy atom. The summed E-state index contributed by atoms with van der Waals surface area (Å²) in [6.45, 7) is 3.84. The van der Waals surface area contributed by atoms with Gasteiger partial charge >= 0.3 is 5.97 Å². The third-order valence-electron chi connectivity index (χ3n) is 5.17. The lowest BCUT2D eigenvalue weighted by Crippen LogP contribution is -2.36. The predicted molar refractivity (Wildman–Crippen MR) is 124 cm³/mol. The fourth-order valence-electron chi connectivity index (χ4n) is 3.67. The van der Waals surface area contributed by atoms with Crippen molar-refractivity contribution in [3.63, 3.8) is 0 Å². The van der Waals surface area contributed by atoms with Crippen molar-refractivity contribution >= 4 is 46.6 Å². The lowest BCUT2D eigenvalue weighted by atomic mass is 9.74. The minimum Gasteiger partial charge on any atom is -0.465 e. The van der Waals surface area contributed by atoms with Gasteiger partial charge in [0.1, 0.15) is 0 Å². The number of amides is 1. The van der Waals surface area contributed by atoms with Gasteiger partial charge in [0.05, 0.1) is 39.6 Å². The molecule has 1 amide bonds. The molecular weight excluding hydrogens is 451 g/mol. The summed E-state index contributed by atoms with van der Waals surface area (Å²) in [5.74, 6) is -1.29. The van der Waals surface area contributed by atoms with Crippen LogP contribution in [-0.2, 0) is 9.53 Å². The molecule has 0 fully saturated rings. The lowest BCUT2D eigenvalue weighted by molar-refractivity contribution is -0.117. The van der Waals surface area contributed by atoms with E-state index in [4.69, 9.17) is 28.6 Å². The van der Waals surface area contributed by atoms with Gasteiger partial charge in [0.15, 0.2) is 5.78 Å². The Bertz CT molecular complexity index is 1130. The quantitative estimate of drug-likeness (QED) is 0.460. The molecule has 0 bridgehead atoms. The maximum Gasteiger partial charge on any atom is 0.337 e. The molecule has 8 heteroatoms. The molecule has 0 atom stereocenters. The Kier molecular flexibility index (Phi) is 6.86. The van der Waals surface area contributed by atoms with Crippen LogP contribution in [0, 0.1) is 10.8 Å². The molecule has 0 saturated heterocycles. The van der Waals surface area contributed by atoms with Crippen molar-refractivity contribution in [3.8, 4) is 0 Å². The van der Waals surface area contributed by atoms with E-state index in [0.717, 1.165) is 0 Å². The minimum absolute atomic E-state index is 0.0394. The second kappa shape index (κ2) is 9.27. The standard InChI is InChI=1S/C24H22Cl2N2O4/c1-24(2)11-17(28-22(30)19-15(25)5-4-6-16(19)26)20(18(29)12-24)21(27)13-7-9-14(10-8-13)23(31)32-3/h4-10,27H,11-12H2,1-3H3,(H,28,30). The molecule has 1 aliphatic rings. The Morgan fingerprint density at radius 1 is 1.00 bits per heavy atom. The average molecular weight is 473 g/mol. The van der Waals surface area contributed by atoms with E-state index in [9.17, 15) is 14.4 Å². The van der Waals surface area contributed by atoms with Crippen LogP contribution in [0.1, 0.15) is 53.0 Å². The van der Waals surface area contributed by atoms with E-state index in [-0.39, 0.29) is 39.1 Å². The molecule has 0 aliphatic heterocycles. The van der Waals surface area contributed by atoms with Crippen molar-refractivity contribution in [2.24, 2.45) is 5.41 Å². The summed E-state index contributed by atoms with van der Waals surface area (Å²) < 4.78 is 4.69. The van der Waals surface area contributed by atoms with Gasteiger partial charge in [0, 0.05) is 17.7 Å². The fourth-order valence-corrected chi connectivity index (χ4v) is 4.24. The number of methoxy groups -OCH3 is 1. The van der Waals surface area contributed by atoms with E-state index in [1.54, 1.807) is 30.3 Å². The number of carbonyl (C=O) groups is 3. The van der Waals surface area contributed by atoms with Gasteiger partial charge in [-0.1, -0.05) is 55.2 Å². The summed E-state index contributed by atoms with van der Waals surface area (Å²) in [4.78, 5) is 37.7. The van der Waals surface area contributed by atoms with E-state index in [1.165, 1.54) is 19.2 Å². The molecule has 2 aromatic rings. The van der Waals surface area contributed by atoms with Crippen molar-refractivity contribution in [2.75, 3.05) is 7.11 Å². The van der Waals surface area contributed by atoms with Crippen LogP contribution in [0.2, 0.25) is 10.0 Å². The normalized spacial score (nSPS) is 15.3. The molecule has 0 heterocycles. The van der Waals surface area contributed by atoms with Crippen molar-refractivity contribution in [2.45, 2.75) is 26.7 Å². The summed E-state index contributed by atoms with van der Waals surface area (Å²) in [6, 6.07) is 10.9. The predicted octanol–water partition coefficient (Wildman–Crippen LogP) is 5.22. The first-order chi connectivity index (χ1) is 15.0.